The van der Waals surface area contributed by atoms with E-state index in [0.29, 0.717) is 0 Å². The van der Waals surface area contributed by atoms with Gasteiger partial charge in [-0.3, -0.25) is 4.68 Å². The number of hydrogen-bond donors (Lipinski definition) is 1. The minimum atomic E-state index is 0.259. The van der Waals surface area contributed by atoms with Gasteiger partial charge in [-0.1, -0.05) is 13.8 Å². The van der Waals surface area contributed by atoms with Crippen molar-refractivity contribution in [1.29, 1.82) is 0 Å². The molecule has 0 aromatic carbocycles. The van der Waals surface area contributed by atoms with E-state index in [-0.39, 0.29) is 5.41 Å². The van der Waals surface area contributed by atoms with E-state index in [4.69, 9.17) is 4.74 Å². The summed E-state index contributed by atoms with van der Waals surface area (Å²) in [6, 6.07) is 2.24. The highest BCUT2D eigenvalue weighted by Gasteiger charge is 2.35. The van der Waals surface area contributed by atoms with E-state index in [2.05, 4.69) is 30.3 Å². The third-order valence-electron chi connectivity index (χ3n) is 3.88. The van der Waals surface area contributed by atoms with Crippen LogP contribution in [0.15, 0.2) is 6.07 Å². The van der Waals surface area contributed by atoms with Gasteiger partial charge in [-0.15, -0.1) is 0 Å². The molecule has 102 valence electrons. The maximum absolute atomic E-state index is 5.63. The van der Waals surface area contributed by atoms with Crippen molar-refractivity contribution in [3.63, 3.8) is 0 Å². The molecule has 1 saturated heterocycles. The molecule has 2 heterocycles. The summed E-state index contributed by atoms with van der Waals surface area (Å²) in [5, 5.41) is 8.02. The number of rotatable bonds is 6. The van der Waals surface area contributed by atoms with Crippen LogP contribution >= 0.6 is 0 Å². The molecule has 1 N–H and O–H groups in total. The van der Waals surface area contributed by atoms with Crippen molar-refractivity contribution in [2.45, 2.75) is 33.1 Å². The highest BCUT2D eigenvalue weighted by Crippen LogP contribution is 2.32. The SMILES string of the molecule is CCNCC1(Cc2cc(CC)nn2C)CCOC1. The number of aromatic nitrogens is 2. The molecular formula is C14H25N3O. The number of ether oxygens (including phenoxy) is 1. The van der Waals surface area contributed by atoms with Crippen molar-refractivity contribution >= 4 is 0 Å². The molecule has 18 heavy (non-hydrogen) atoms. The number of hydrogen-bond acceptors (Lipinski definition) is 3. The van der Waals surface area contributed by atoms with Crippen LogP contribution in [0.25, 0.3) is 0 Å². The van der Waals surface area contributed by atoms with Crippen LogP contribution in [0.2, 0.25) is 0 Å². The minimum Gasteiger partial charge on any atom is -0.381 e. The van der Waals surface area contributed by atoms with Gasteiger partial charge in [0.15, 0.2) is 0 Å². The lowest BCUT2D eigenvalue weighted by Gasteiger charge is -2.27. The fourth-order valence-electron chi connectivity index (χ4n) is 2.67. The first kappa shape index (κ1) is 13.6. The van der Waals surface area contributed by atoms with Crippen molar-refractivity contribution in [1.82, 2.24) is 15.1 Å². The second-order valence-electron chi connectivity index (χ2n) is 5.36. The normalized spacial score (nSPS) is 23.7. The maximum Gasteiger partial charge on any atom is 0.0624 e. The average Bonchev–Trinajstić information content (AvgIpc) is 2.96. The van der Waals surface area contributed by atoms with Gasteiger partial charge in [-0.2, -0.15) is 5.10 Å². The first-order valence-electron chi connectivity index (χ1n) is 6.99. The van der Waals surface area contributed by atoms with Gasteiger partial charge in [0.25, 0.3) is 0 Å². The Morgan fingerprint density at radius 1 is 1.50 bits per heavy atom. The summed E-state index contributed by atoms with van der Waals surface area (Å²) < 4.78 is 7.67. The summed E-state index contributed by atoms with van der Waals surface area (Å²) in [6.07, 6.45) is 3.21. The lowest BCUT2D eigenvalue weighted by molar-refractivity contribution is 0.148. The largest absolute Gasteiger partial charge is 0.381 e. The van der Waals surface area contributed by atoms with Gasteiger partial charge in [-0.25, -0.2) is 0 Å². The van der Waals surface area contributed by atoms with E-state index in [0.717, 1.165) is 45.6 Å². The molecule has 1 aromatic rings. The molecule has 0 amide bonds. The number of aryl methyl sites for hydroxylation is 2. The van der Waals surface area contributed by atoms with Crippen molar-refractivity contribution in [2.75, 3.05) is 26.3 Å². The fourth-order valence-corrected chi connectivity index (χ4v) is 2.67. The molecule has 1 aliphatic rings. The van der Waals surface area contributed by atoms with Crippen LogP contribution in [0, 0.1) is 5.41 Å². The van der Waals surface area contributed by atoms with Gasteiger partial charge in [0.05, 0.1) is 12.3 Å². The van der Waals surface area contributed by atoms with Crippen LogP contribution < -0.4 is 5.32 Å². The summed E-state index contributed by atoms with van der Waals surface area (Å²) in [5.74, 6) is 0. The Morgan fingerprint density at radius 3 is 2.89 bits per heavy atom. The third-order valence-corrected chi connectivity index (χ3v) is 3.88. The van der Waals surface area contributed by atoms with Crippen LogP contribution in [-0.4, -0.2) is 36.1 Å². The predicted octanol–water partition coefficient (Wildman–Crippen LogP) is 1.54. The second kappa shape index (κ2) is 5.85. The molecule has 0 radical (unpaired) electrons. The summed E-state index contributed by atoms with van der Waals surface area (Å²) in [4.78, 5) is 0. The molecule has 1 fully saturated rings. The molecule has 2 rings (SSSR count). The Bertz CT molecular complexity index is 380. The van der Waals surface area contributed by atoms with Crippen LogP contribution in [0.5, 0.6) is 0 Å². The zero-order valence-electron chi connectivity index (χ0n) is 11.8. The van der Waals surface area contributed by atoms with Crippen molar-refractivity contribution in [3.8, 4) is 0 Å². The molecule has 0 aliphatic carbocycles. The predicted molar refractivity (Wildman–Crippen MR) is 72.7 cm³/mol. The summed E-state index contributed by atoms with van der Waals surface area (Å²) in [7, 11) is 2.05. The second-order valence-corrected chi connectivity index (χ2v) is 5.36. The van der Waals surface area contributed by atoms with Crippen LogP contribution in [0.1, 0.15) is 31.7 Å². The highest BCUT2D eigenvalue weighted by molar-refractivity contribution is 5.13. The van der Waals surface area contributed by atoms with E-state index in [1.165, 1.54) is 11.4 Å². The lowest BCUT2D eigenvalue weighted by Crippen LogP contribution is -2.37. The first-order valence-corrected chi connectivity index (χ1v) is 6.99. The Labute approximate surface area is 110 Å². The molecule has 1 unspecified atom stereocenters. The van der Waals surface area contributed by atoms with Crippen LogP contribution in [0.3, 0.4) is 0 Å². The molecule has 4 nitrogen and oxygen atoms in total. The monoisotopic (exact) mass is 251 g/mol. The fraction of sp³-hybridized carbons (Fsp3) is 0.786. The van der Waals surface area contributed by atoms with Crippen LogP contribution in [0.4, 0.5) is 0 Å². The molecular weight excluding hydrogens is 226 g/mol. The zero-order chi connectivity index (χ0) is 13.0. The van der Waals surface area contributed by atoms with Crippen molar-refractivity contribution in [3.05, 3.63) is 17.5 Å². The quantitative estimate of drug-likeness (QED) is 0.833. The number of nitrogens with zero attached hydrogens (tertiary/aromatic N) is 2. The van der Waals surface area contributed by atoms with Gasteiger partial charge >= 0.3 is 0 Å². The molecule has 0 saturated carbocycles. The molecule has 4 heteroatoms. The van der Waals surface area contributed by atoms with Gasteiger partial charge in [0, 0.05) is 31.3 Å². The van der Waals surface area contributed by atoms with E-state index >= 15 is 0 Å². The number of nitrogens with one attached hydrogen (secondary N) is 1. The average molecular weight is 251 g/mol. The molecule has 0 spiro atoms. The molecule has 1 aliphatic heterocycles. The Kier molecular flexibility index (Phi) is 4.40. The molecule has 0 bridgehead atoms. The molecule has 1 atom stereocenters. The molecule has 1 aromatic heterocycles. The lowest BCUT2D eigenvalue weighted by atomic mass is 9.82. The smallest absolute Gasteiger partial charge is 0.0624 e. The summed E-state index contributed by atoms with van der Waals surface area (Å²) in [6.45, 7) is 8.13. The van der Waals surface area contributed by atoms with Gasteiger partial charge in [0.1, 0.15) is 0 Å². The highest BCUT2D eigenvalue weighted by atomic mass is 16.5. The topological polar surface area (TPSA) is 39.1 Å². The van der Waals surface area contributed by atoms with Gasteiger partial charge in [0.2, 0.25) is 0 Å². The zero-order valence-corrected chi connectivity index (χ0v) is 11.8. The maximum atomic E-state index is 5.63. The van der Waals surface area contributed by atoms with E-state index in [1.54, 1.807) is 0 Å². The standard InChI is InChI=1S/C14H25N3O/c1-4-12-8-13(17(3)16-12)9-14(10-15-5-2)6-7-18-11-14/h8,15H,4-7,9-11H2,1-3H3. The Balaban J connectivity index is 2.10. The van der Waals surface area contributed by atoms with E-state index in [1.807, 2.05) is 11.7 Å². The van der Waals surface area contributed by atoms with E-state index < -0.39 is 0 Å². The third kappa shape index (κ3) is 2.93. The van der Waals surface area contributed by atoms with Crippen molar-refractivity contribution in [2.24, 2.45) is 12.5 Å². The van der Waals surface area contributed by atoms with Crippen LogP contribution in [-0.2, 0) is 24.6 Å². The summed E-state index contributed by atoms with van der Waals surface area (Å²) >= 11 is 0. The van der Waals surface area contributed by atoms with E-state index in [9.17, 15) is 0 Å². The van der Waals surface area contributed by atoms with Gasteiger partial charge < -0.3 is 10.1 Å². The summed E-state index contributed by atoms with van der Waals surface area (Å²) in [5.41, 5.74) is 2.77. The minimum absolute atomic E-state index is 0.259. The van der Waals surface area contributed by atoms with Crippen molar-refractivity contribution < 1.29 is 4.74 Å². The van der Waals surface area contributed by atoms with Gasteiger partial charge in [-0.05, 0) is 31.9 Å². The Hall–Kier alpha value is -0.870. The Morgan fingerprint density at radius 2 is 2.33 bits per heavy atom. The first-order chi connectivity index (χ1) is 8.69.